The molecule has 1 aromatic rings. The lowest BCUT2D eigenvalue weighted by atomic mass is 10.1. The predicted molar refractivity (Wildman–Crippen MR) is 71.0 cm³/mol. The van der Waals surface area contributed by atoms with E-state index in [0.717, 1.165) is 31.6 Å². The monoisotopic (exact) mass is 265 g/mol. The van der Waals surface area contributed by atoms with E-state index >= 15 is 0 Å². The molecule has 1 aromatic heterocycles. The highest BCUT2D eigenvalue weighted by Crippen LogP contribution is 2.13. The molecule has 0 aliphatic carbocycles. The summed E-state index contributed by atoms with van der Waals surface area (Å²) in [7, 11) is 0. The van der Waals surface area contributed by atoms with Crippen LogP contribution in [0.4, 0.5) is 4.39 Å². The minimum absolute atomic E-state index is 0.0813. The number of nitrogens with zero attached hydrogens (tertiary/aromatic N) is 2. The molecule has 0 radical (unpaired) electrons. The van der Waals surface area contributed by atoms with Gasteiger partial charge in [-0.1, -0.05) is 0 Å². The van der Waals surface area contributed by atoms with E-state index < -0.39 is 0 Å². The molecule has 1 aliphatic heterocycles. The maximum atomic E-state index is 12.8. The van der Waals surface area contributed by atoms with E-state index in [1.807, 2.05) is 18.7 Å². The number of nitrogens with one attached hydrogen (secondary N) is 1. The average Bonchev–Trinajstić information content (AvgIpc) is 2.92. The SMILES string of the molecule is CC(NC(C)c1ccc(F)cn1)C(=O)N1CCCC1. The summed E-state index contributed by atoms with van der Waals surface area (Å²) >= 11 is 0. The Hall–Kier alpha value is -1.49. The lowest BCUT2D eigenvalue weighted by Gasteiger charge is -2.24. The van der Waals surface area contributed by atoms with Crippen LogP contribution in [-0.2, 0) is 4.79 Å². The lowest BCUT2D eigenvalue weighted by molar-refractivity contribution is -0.132. The molecule has 19 heavy (non-hydrogen) atoms. The maximum Gasteiger partial charge on any atom is 0.239 e. The molecule has 1 N–H and O–H groups in total. The number of aromatic nitrogens is 1. The zero-order chi connectivity index (χ0) is 13.8. The Kier molecular flexibility index (Phi) is 4.47. The molecule has 2 atom stereocenters. The Labute approximate surface area is 113 Å². The Bertz CT molecular complexity index is 429. The fourth-order valence-corrected chi connectivity index (χ4v) is 2.39. The van der Waals surface area contributed by atoms with Crippen molar-refractivity contribution in [3.05, 3.63) is 29.8 Å². The van der Waals surface area contributed by atoms with Gasteiger partial charge in [-0.2, -0.15) is 0 Å². The molecule has 0 bridgehead atoms. The largest absolute Gasteiger partial charge is 0.341 e. The first-order chi connectivity index (χ1) is 9.08. The maximum absolute atomic E-state index is 12.8. The van der Waals surface area contributed by atoms with Gasteiger partial charge < -0.3 is 4.90 Å². The first-order valence-electron chi connectivity index (χ1n) is 6.74. The Morgan fingerprint density at radius 1 is 1.37 bits per heavy atom. The van der Waals surface area contributed by atoms with E-state index in [-0.39, 0.29) is 23.8 Å². The van der Waals surface area contributed by atoms with E-state index in [1.54, 1.807) is 6.07 Å². The third kappa shape index (κ3) is 3.50. The zero-order valence-corrected chi connectivity index (χ0v) is 11.4. The van der Waals surface area contributed by atoms with Gasteiger partial charge >= 0.3 is 0 Å². The summed E-state index contributed by atoms with van der Waals surface area (Å²) in [5, 5.41) is 3.22. The first-order valence-corrected chi connectivity index (χ1v) is 6.74. The number of carbonyl (C=O) groups excluding carboxylic acids is 1. The van der Waals surface area contributed by atoms with Gasteiger partial charge in [-0.25, -0.2) is 4.39 Å². The van der Waals surface area contributed by atoms with Gasteiger partial charge in [-0.05, 0) is 38.8 Å². The number of hydrogen-bond donors (Lipinski definition) is 1. The summed E-state index contributed by atoms with van der Waals surface area (Å²) in [6.07, 6.45) is 3.38. The normalized spacial score (nSPS) is 18.4. The van der Waals surface area contributed by atoms with Gasteiger partial charge in [0.1, 0.15) is 5.82 Å². The van der Waals surface area contributed by atoms with Crippen LogP contribution in [0.1, 0.15) is 38.4 Å². The molecule has 0 saturated carbocycles. The fourth-order valence-electron chi connectivity index (χ4n) is 2.39. The summed E-state index contributed by atoms with van der Waals surface area (Å²) in [4.78, 5) is 18.1. The third-order valence-corrected chi connectivity index (χ3v) is 3.48. The summed E-state index contributed by atoms with van der Waals surface area (Å²) in [5.74, 6) is -0.219. The Morgan fingerprint density at radius 3 is 2.63 bits per heavy atom. The summed E-state index contributed by atoms with van der Waals surface area (Å²) in [6.45, 7) is 5.50. The number of amides is 1. The van der Waals surface area contributed by atoms with E-state index in [2.05, 4.69) is 10.3 Å². The number of pyridine rings is 1. The van der Waals surface area contributed by atoms with Crippen LogP contribution >= 0.6 is 0 Å². The molecular weight excluding hydrogens is 245 g/mol. The van der Waals surface area contributed by atoms with Gasteiger partial charge in [-0.3, -0.25) is 15.1 Å². The minimum Gasteiger partial charge on any atom is -0.341 e. The summed E-state index contributed by atoms with van der Waals surface area (Å²) in [6, 6.07) is 2.69. The van der Waals surface area contributed by atoms with Crippen molar-refractivity contribution in [1.29, 1.82) is 0 Å². The molecule has 2 rings (SSSR count). The topological polar surface area (TPSA) is 45.2 Å². The van der Waals surface area contributed by atoms with Gasteiger partial charge in [0.15, 0.2) is 0 Å². The van der Waals surface area contributed by atoms with Crippen molar-refractivity contribution in [3.63, 3.8) is 0 Å². The van der Waals surface area contributed by atoms with Crippen molar-refractivity contribution in [2.75, 3.05) is 13.1 Å². The zero-order valence-electron chi connectivity index (χ0n) is 11.4. The van der Waals surface area contributed by atoms with Crippen LogP contribution < -0.4 is 5.32 Å². The van der Waals surface area contributed by atoms with Gasteiger partial charge in [0.2, 0.25) is 5.91 Å². The van der Waals surface area contributed by atoms with Gasteiger partial charge in [0.25, 0.3) is 0 Å². The van der Waals surface area contributed by atoms with E-state index in [9.17, 15) is 9.18 Å². The lowest BCUT2D eigenvalue weighted by Crippen LogP contribution is -2.44. The van der Waals surface area contributed by atoms with Crippen molar-refractivity contribution in [3.8, 4) is 0 Å². The summed E-state index contributed by atoms with van der Waals surface area (Å²) in [5.41, 5.74) is 0.738. The molecule has 2 unspecified atom stereocenters. The second-order valence-corrected chi connectivity index (χ2v) is 5.04. The van der Waals surface area contributed by atoms with Crippen molar-refractivity contribution in [2.45, 2.75) is 38.8 Å². The van der Waals surface area contributed by atoms with Crippen LogP contribution in [-0.4, -0.2) is 34.9 Å². The quantitative estimate of drug-likeness (QED) is 0.904. The van der Waals surface area contributed by atoms with Gasteiger partial charge in [0.05, 0.1) is 17.9 Å². The Morgan fingerprint density at radius 2 is 2.05 bits per heavy atom. The molecule has 0 aromatic carbocycles. The smallest absolute Gasteiger partial charge is 0.239 e. The highest BCUT2D eigenvalue weighted by atomic mass is 19.1. The first kappa shape index (κ1) is 13.9. The molecule has 1 amide bonds. The molecule has 104 valence electrons. The molecule has 1 saturated heterocycles. The van der Waals surface area contributed by atoms with E-state index in [0.29, 0.717) is 0 Å². The summed E-state index contributed by atoms with van der Waals surface area (Å²) < 4.78 is 12.8. The average molecular weight is 265 g/mol. The molecule has 1 fully saturated rings. The number of carbonyl (C=O) groups is 1. The van der Waals surface area contributed by atoms with Crippen LogP contribution in [0.2, 0.25) is 0 Å². The van der Waals surface area contributed by atoms with Gasteiger partial charge in [0, 0.05) is 19.1 Å². The standard InChI is InChI=1S/C14H20FN3O/c1-10(13-6-5-12(15)9-16-13)17-11(2)14(19)18-7-3-4-8-18/h5-6,9-11,17H,3-4,7-8H2,1-2H3. The van der Waals surface area contributed by atoms with E-state index in [1.165, 1.54) is 12.3 Å². The van der Waals surface area contributed by atoms with Crippen LogP contribution in [0, 0.1) is 5.82 Å². The highest BCUT2D eigenvalue weighted by molar-refractivity contribution is 5.81. The molecular formula is C14H20FN3O. The number of rotatable bonds is 4. The second-order valence-electron chi connectivity index (χ2n) is 5.04. The highest BCUT2D eigenvalue weighted by Gasteiger charge is 2.24. The molecule has 5 heteroatoms. The second kappa shape index (κ2) is 6.10. The fraction of sp³-hybridized carbons (Fsp3) is 0.571. The van der Waals surface area contributed by atoms with E-state index in [4.69, 9.17) is 0 Å². The number of likely N-dealkylation sites (tertiary alicyclic amines) is 1. The van der Waals surface area contributed by atoms with Crippen LogP contribution in [0.15, 0.2) is 18.3 Å². The molecule has 1 aliphatic rings. The van der Waals surface area contributed by atoms with Crippen LogP contribution in [0.3, 0.4) is 0 Å². The third-order valence-electron chi connectivity index (χ3n) is 3.48. The van der Waals surface area contributed by atoms with Gasteiger partial charge in [-0.15, -0.1) is 0 Å². The molecule has 4 nitrogen and oxygen atoms in total. The van der Waals surface area contributed by atoms with Crippen molar-refractivity contribution in [2.24, 2.45) is 0 Å². The van der Waals surface area contributed by atoms with Crippen molar-refractivity contribution >= 4 is 5.91 Å². The Balaban J connectivity index is 1.92. The predicted octanol–water partition coefficient (Wildman–Crippen LogP) is 1.88. The van der Waals surface area contributed by atoms with Crippen LogP contribution in [0.5, 0.6) is 0 Å². The number of hydrogen-bond acceptors (Lipinski definition) is 3. The van der Waals surface area contributed by atoms with Crippen LogP contribution in [0.25, 0.3) is 0 Å². The molecule has 0 spiro atoms. The van der Waals surface area contributed by atoms with Crippen molar-refractivity contribution in [1.82, 2.24) is 15.2 Å². The number of halogens is 1. The molecule has 2 heterocycles. The minimum atomic E-state index is -0.350. The van der Waals surface area contributed by atoms with Crippen molar-refractivity contribution < 1.29 is 9.18 Å².